The molecule has 0 saturated carbocycles. The van der Waals surface area contributed by atoms with Gasteiger partial charge in [0.25, 0.3) is 5.69 Å². The minimum absolute atomic E-state index is 0. The van der Waals surface area contributed by atoms with Crippen molar-refractivity contribution < 1.29 is 30.2 Å². The molecule has 0 fully saturated rings. The van der Waals surface area contributed by atoms with Crippen molar-refractivity contribution in [3.05, 3.63) is 211 Å². The molecule has 0 radical (unpaired) electrons. The fourth-order valence-corrected chi connectivity index (χ4v) is 10.3. The molecule has 4 heterocycles. The molecular weight excluding hydrogens is 1090 g/mol. The Morgan fingerprint density at radius 2 is 1.18 bits per heavy atom. The number of ether oxygens (including phenoxy) is 1. The average Bonchev–Trinajstić information content (AvgIpc) is 4.04. The number of pyridine rings is 1. The molecule has 366 valence electrons. The molecule has 11 aromatic rings. The molecule has 0 aliphatic carbocycles. The number of nitrogens with zero attached hydrogens (tertiary/aromatic N) is 5. The van der Waals surface area contributed by atoms with Crippen LogP contribution in [-0.4, -0.2) is 20.1 Å². The van der Waals surface area contributed by atoms with Crippen LogP contribution in [0.3, 0.4) is 0 Å². The summed E-state index contributed by atoms with van der Waals surface area (Å²) >= 11 is 0. The molecule has 0 amide bonds. The van der Waals surface area contributed by atoms with E-state index in [0.29, 0.717) is 11.5 Å². The van der Waals surface area contributed by atoms with Crippen molar-refractivity contribution in [2.45, 2.75) is 78.6 Å². The zero-order chi connectivity index (χ0) is 50.6. The van der Waals surface area contributed by atoms with Gasteiger partial charge in [-0.25, -0.2) is 9.37 Å². The molecule has 8 heteroatoms. The van der Waals surface area contributed by atoms with E-state index in [2.05, 4.69) is 209 Å². The predicted molar refractivity (Wildman–Crippen MR) is 299 cm³/mol. The van der Waals surface area contributed by atoms with Gasteiger partial charge in [-0.2, -0.15) is 12.1 Å². The topological polar surface area (TPSA) is 38.0 Å². The Kier molecular flexibility index (Phi) is 11.9. The van der Waals surface area contributed by atoms with E-state index < -0.39 is 0 Å². The van der Waals surface area contributed by atoms with Crippen LogP contribution in [0.25, 0.3) is 66.2 Å². The van der Waals surface area contributed by atoms with Crippen molar-refractivity contribution in [2.75, 3.05) is 0 Å². The van der Waals surface area contributed by atoms with Gasteiger partial charge >= 0.3 is 32.8 Å². The van der Waals surface area contributed by atoms with Gasteiger partial charge in [0, 0.05) is 57.9 Å². The molecule has 3 aromatic heterocycles. The van der Waals surface area contributed by atoms with E-state index in [9.17, 15) is 4.39 Å². The third-order valence-electron chi connectivity index (χ3n) is 14.2. The normalized spacial score (nSPS) is 12.8. The van der Waals surface area contributed by atoms with Gasteiger partial charge in [0.15, 0.2) is 0 Å². The Balaban J connectivity index is 0.00000588. The average molecular weight is 1150 g/mol. The van der Waals surface area contributed by atoms with Crippen LogP contribution in [-0.2, 0) is 37.3 Å². The van der Waals surface area contributed by atoms with Crippen LogP contribution in [0.4, 0.5) is 27.1 Å². The molecule has 0 bridgehead atoms. The second-order valence-electron chi connectivity index (χ2n) is 22.4. The van der Waals surface area contributed by atoms with Crippen LogP contribution in [0.5, 0.6) is 11.5 Å². The number of benzene rings is 8. The third-order valence-corrected chi connectivity index (χ3v) is 14.2. The summed E-state index contributed by atoms with van der Waals surface area (Å²) in [6, 6.07) is 69.1. The fourth-order valence-electron chi connectivity index (χ4n) is 10.3. The zero-order valence-electron chi connectivity index (χ0n) is 43.1. The monoisotopic (exact) mass is 1150 g/mol. The second kappa shape index (κ2) is 18.1. The van der Waals surface area contributed by atoms with E-state index >= 15 is 0 Å². The molecule has 0 spiro atoms. The van der Waals surface area contributed by atoms with Crippen LogP contribution >= 0.6 is 0 Å². The van der Waals surface area contributed by atoms with Crippen molar-refractivity contribution in [1.29, 1.82) is 0 Å². The third kappa shape index (κ3) is 8.48. The minimum Gasteiger partial charge on any atom is -0.509 e. The van der Waals surface area contributed by atoms with E-state index in [1.807, 2.05) is 47.2 Å². The molecule has 12 rings (SSSR count). The molecule has 1 aliphatic rings. The maximum Gasteiger partial charge on any atom is 2.00 e. The standard InChI is InChI=1S/C66H56FN5O.Pt/c1-64(2,3)43-31-32-68-62(37-43)72-59-30-27-48(71-57-24-12-10-21-53(57)54-22-11-13-25-58(54)71)39-56(59)55-29-28-51(40-61(55)72)73-50-20-15-19-47(38-50)69-41-70(49-35-44(65(4,5)6)34-45(36-49)66(7,8)9)63-52(23-16-26-60(63)69)42-17-14-18-46(67)33-42;/h10-37,39H,1-9H3;/q;+2. The molecule has 0 N–H and O–H groups in total. The maximum atomic E-state index is 15.0. The molecule has 0 saturated heterocycles. The Morgan fingerprint density at radius 3 is 1.86 bits per heavy atom. The van der Waals surface area contributed by atoms with Gasteiger partial charge < -0.3 is 13.9 Å². The van der Waals surface area contributed by atoms with Gasteiger partial charge in [0.2, 0.25) is 5.69 Å². The molecule has 0 atom stereocenters. The van der Waals surface area contributed by atoms with Crippen molar-refractivity contribution >= 4 is 72.4 Å². The van der Waals surface area contributed by atoms with Crippen molar-refractivity contribution in [3.8, 4) is 34.1 Å². The number of hydrogen-bond donors (Lipinski definition) is 0. The van der Waals surface area contributed by atoms with E-state index in [-0.39, 0.29) is 43.1 Å². The first-order chi connectivity index (χ1) is 35.0. The van der Waals surface area contributed by atoms with Crippen molar-refractivity contribution in [3.63, 3.8) is 0 Å². The quantitative estimate of drug-likeness (QED) is 0.118. The minimum atomic E-state index is -0.290. The molecule has 1 aliphatic heterocycles. The van der Waals surface area contributed by atoms with Crippen molar-refractivity contribution in [1.82, 2.24) is 23.3 Å². The van der Waals surface area contributed by atoms with Crippen LogP contribution in [0.15, 0.2) is 176 Å². The molecule has 8 aromatic carbocycles. The number of hydrogen-bond acceptors (Lipinski definition) is 2. The van der Waals surface area contributed by atoms with Crippen LogP contribution in [0, 0.1) is 17.9 Å². The number of rotatable bonds is 7. The molecule has 0 unspecified atom stereocenters. The smallest absolute Gasteiger partial charge is 0.509 e. The van der Waals surface area contributed by atoms with Crippen molar-refractivity contribution in [2.24, 2.45) is 0 Å². The number of fused-ring (bicyclic) bond motifs is 7. The second-order valence-corrected chi connectivity index (χ2v) is 22.4. The first-order valence-corrected chi connectivity index (χ1v) is 25.1. The largest absolute Gasteiger partial charge is 2.00 e. The summed E-state index contributed by atoms with van der Waals surface area (Å²) in [5.41, 5.74) is 13.7. The summed E-state index contributed by atoms with van der Waals surface area (Å²) in [6.07, 6.45) is 1.90. The number of para-hydroxylation sites is 3. The summed E-state index contributed by atoms with van der Waals surface area (Å²) in [5.74, 6) is 1.58. The maximum absolute atomic E-state index is 15.0. The van der Waals surface area contributed by atoms with Gasteiger partial charge in [-0.1, -0.05) is 145 Å². The van der Waals surface area contributed by atoms with E-state index in [0.717, 1.165) is 78.2 Å². The zero-order valence-corrected chi connectivity index (χ0v) is 45.4. The molecule has 74 heavy (non-hydrogen) atoms. The first kappa shape index (κ1) is 48.6. The van der Waals surface area contributed by atoms with E-state index in [1.54, 1.807) is 12.1 Å². The summed E-state index contributed by atoms with van der Waals surface area (Å²) < 4.78 is 30.5. The fraction of sp³-hybridized carbons (Fsp3) is 0.182. The van der Waals surface area contributed by atoms with Gasteiger partial charge in [0.05, 0.1) is 16.6 Å². The van der Waals surface area contributed by atoms with E-state index in [1.165, 1.54) is 33.5 Å². The predicted octanol–water partition coefficient (Wildman–Crippen LogP) is 17.2. The van der Waals surface area contributed by atoms with Crippen LogP contribution in [0.2, 0.25) is 0 Å². The van der Waals surface area contributed by atoms with Crippen LogP contribution in [0.1, 0.15) is 79.0 Å². The molecular formula is C66H56FN5OPt+2. The number of halogens is 1. The summed E-state index contributed by atoms with van der Waals surface area (Å²) in [6.45, 7) is 20.1. The Bertz CT molecular complexity index is 4050. The summed E-state index contributed by atoms with van der Waals surface area (Å²) in [7, 11) is 0. The molecule has 6 nitrogen and oxygen atoms in total. The summed E-state index contributed by atoms with van der Waals surface area (Å²) in [5, 5.41) is 4.55. The Labute approximate surface area is 446 Å². The van der Waals surface area contributed by atoms with Crippen LogP contribution < -0.4 is 13.9 Å². The van der Waals surface area contributed by atoms with Gasteiger partial charge in [-0.3, -0.25) is 0 Å². The Morgan fingerprint density at radius 1 is 0.527 bits per heavy atom. The SMILES string of the molecule is CC(C)(C)c1cc([N+]2=C=[N+](c3[c-]c(Oc4[c-]c5c(cc4)c4cc(-n6c7ccccc7c7ccccc76)ccc4n5-c4cc(C(C)(C)C)ccn4)ccc3)c3cccc(-c4cccc(F)c4)c32)cc(C(C)(C)C)c1.[Pt+2]. The van der Waals surface area contributed by atoms with Gasteiger partial charge in [-0.05, 0) is 109 Å². The van der Waals surface area contributed by atoms with Gasteiger partial charge in [0.1, 0.15) is 17.3 Å². The first-order valence-electron chi connectivity index (χ1n) is 25.1. The number of aromatic nitrogens is 3. The van der Waals surface area contributed by atoms with Gasteiger partial charge in [-0.15, -0.1) is 23.6 Å². The summed E-state index contributed by atoms with van der Waals surface area (Å²) in [4.78, 5) is 4.98. The van der Waals surface area contributed by atoms with E-state index in [4.69, 9.17) is 9.72 Å². The Hall–Kier alpha value is -7.69.